The van der Waals surface area contributed by atoms with Gasteiger partial charge in [0.1, 0.15) is 5.75 Å². The Balaban J connectivity index is 1.83. The van der Waals surface area contributed by atoms with Gasteiger partial charge in [0.2, 0.25) is 0 Å². The van der Waals surface area contributed by atoms with E-state index in [1.165, 1.54) is 18.9 Å². The van der Waals surface area contributed by atoms with Crippen LogP contribution in [-0.4, -0.2) is 29.7 Å². The number of para-hydroxylation sites is 1. The van der Waals surface area contributed by atoms with E-state index in [4.69, 9.17) is 14.5 Å². The second-order valence-electron chi connectivity index (χ2n) is 6.73. The van der Waals surface area contributed by atoms with Gasteiger partial charge in [-0.15, -0.1) is 0 Å². The molecule has 4 aromatic rings. The average molecular weight is 433 g/mol. The van der Waals surface area contributed by atoms with E-state index in [9.17, 15) is 9.59 Å². The Hall–Kier alpha value is -3.58. The molecule has 0 bridgehead atoms. The zero-order valence-corrected chi connectivity index (χ0v) is 17.9. The number of benzene rings is 3. The first-order valence-electron chi connectivity index (χ1n) is 9.57. The van der Waals surface area contributed by atoms with Crippen molar-refractivity contribution in [3.05, 3.63) is 94.3 Å². The molecule has 0 aliphatic rings. The lowest BCUT2D eigenvalue weighted by atomic mass is 10.1. The molecule has 0 spiro atoms. The number of thioether (sulfide) groups is 1. The molecule has 156 valence electrons. The zero-order valence-electron chi connectivity index (χ0n) is 17.1. The quantitative estimate of drug-likeness (QED) is 0.254. The smallest absolute Gasteiger partial charge is 0.337 e. The standard InChI is InChI=1S/C24H20N2O4S/c1-29-19-10-6-7-16(13-19)15-31-24-25-21-14-17(23(28)30-2)11-12-20(21)22(27)26(24)18-8-4-3-5-9-18/h3-14H,15H2,1-2H3. The highest BCUT2D eigenvalue weighted by atomic mass is 32.2. The van der Waals surface area contributed by atoms with Gasteiger partial charge < -0.3 is 9.47 Å². The third-order valence-electron chi connectivity index (χ3n) is 4.78. The Morgan fingerprint density at radius 1 is 1.00 bits per heavy atom. The van der Waals surface area contributed by atoms with Crippen molar-refractivity contribution < 1.29 is 14.3 Å². The molecule has 0 aliphatic heterocycles. The van der Waals surface area contributed by atoms with Crippen LogP contribution in [0.5, 0.6) is 5.75 Å². The first-order valence-corrected chi connectivity index (χ1v) is 10.6. The van der Waals surface area contributed by atoms with E-state index < -0.39 is 5.97 Å². The highest BCUT2D eigenvalue weighted by Crippen LogP contribution is 2.26. The average Bonchev–Trinajstić information content (AvgIpc) is 2.82. The summed E-state index contributed by atoms with van der Waals surface area (Å²) in [5.74, 6) is 0.896. The van der Waals surface area contributed by atoms with Crippen molar-refractivity contribution in [2.24, 2.45) is 0 Å². The fraction of sp³-hybridized carbons (Fsp3) is 0.125. The largest absolute Gasteiger partial charge is 0.497 e. The van der Waals surface area contributed by atoms with E-state index in [2.05, 4.69) is 0 Å². The van der Waals surface area contributed by atoms with Crippen molar-refractivity contribution in [3.8, 4) is 11.4 Å². The van der Waals surface area contributed by atoms with Crippen molar-refractivity contribution in [3.63, 3.8) is 0 Å². The summed E-state index contributed by atoms with van der Waals surface area (Å²) in [6.45, 7) is 0. The minimum Gasteiger partial charge on any atom is -0.497 e. The SMILES string of the molecule is COC(=O)c1ccc2c(=O)n(-c3ccccc3)c(SCc3cccc(OC)c3)nc2c1. The van der Waals surface area contributed by atoms with Gasteiger partial charge >= 0.3 is 5.97 Å². The topological polar surface area (TPSA) is 70.4 Å². The predicted molar refractivity (Wildman–Crippen MR) is 121 cm³/mol. The van der Waals surface area contributed by atoms with E-state index in [-0.39, 0.29) is 5.56 Å². The monoisotopic (exact) mass is 432 g/mol. The molecule has 6 nitrogen and oxygen atoms in total. The second-order valence-corrected chi connectivity index (χ2v) is 7.68. The molecule has 0 fully saturated rings. The Bertz CT molecular complexity index is 1300. The lowest BCUT2D eigenvalue weighted by Crippen LogP contribution is -2.22. The summed E-state index contributed by atoms with van der Waals surface area (Å²) in [6, 6.07) is 21.9. The van der Waals surface area contributed by atoms with Crippen molar-refractivity contribution in [1.29, 1.82) is 0 Å². The molecule has 0 atom stereocenters. The number of methoxy groups -OCH3 is 2. The molecule has 0 N–H and O–H groups in total. The molecule has 0 aliphatic carbocycles. The van der Waals surface area contributed by atoms with Gasteiger partial charge in [-0.05, 0) is 48.0 Å². The first-order chi connectivity index (χ1) is 15.1. The third-order valence-corrected chi connectivity index (χ3v) is 5.79. The molecule has 7 heteroatoms. The Morgan fingerprint density at radius 2 is 1.81 bits per heavy atom. The van der Waals surface area contributed by atoms with E-state index in [0.717, 1.165) is 17.0 Å². The number of esters is 1. The van der Waals surface area contributed by atoms with Crippen LogP contribution in [0.2, 0.25) is 0 Å². The van der Waals surface area contributed by atoms with Gasteiger partial charge in [-0.25, -0.2) is 9.78 Å². The van der Waals surface area contributed by atoms with E-state index in [1.54, 1.807) is 29.9 Å². The van der Waals surface area contributed by atoms with E-state index in [0.29, 0.717) is 27.4 Å². The lowest BCUT2D eigenvalue weighted by molar-refractivity contribution is 0.0601. The number of fused-ring (bicyclic) bond motifs is 1. The summed E-state index contributed by atoms with van der Waals surface area (Å²) < 4.78 is 11.7. The summed E-state index contributed by atoms with van der Waals surface area (Å²) in [5, 5.41) is 0.968. The maximum absolute atomic E-state index is 13.4. The molecule has 0 amide bonds. The highest BCUT2D eigenvalue weighted by molar-refractivity contribution is 7.98. The molecule has 31 heavy (non-hydrogen) atoms. The fourth-order valence-corrected chi connectivity index (χ4v) is 4.18. The van der Waals surface area contributed by atoms with Gasteiger partial charge in [-0.1, -0.05) is 42.1 Å². The molecule has 4 rings (SSSR count). The van der Waals surface area contributed by atoms with Gasteiger partial charge in [-0.3, -0.25) is 9.36 Å². The lowest BCUT2D eigenvalue weighted by Gasteiger charge is -2.14. The van der Waals surface area contributed by atoms with Gasteiger partial charge in [0.05, 0.1) is 36.4 Å². The summed E-state index contributed by atoms with van der Waals surface area (Å²) in [5.41, 5.74) is 2.38. The van der Waals surface area contributed by atoms with Gasteiger partial charge in [0.15, 0.2) is 5.16 Å². The number of carbonyl (C=O) groups excluding carboxylic acids is 1. The highest BCUT2D eigenvalue weighted by Gasteiger charge is 2.16. The summed E-state index contributed by atoms with van der Waals surface area (Å²) >= 11 is 1.44. The van der Waals surface area contributed by atoms with Crippen LogP contribution >= 0.6 is 11.8 Å². The number of rotatable bonds is 6. The number of ether oxygens (including phenoxy) is 2. The predicted octanol–water partition coefficient (Wildman–Crippen LogP) is 4.47. The summed E-state index contributed by atoms with van der Waals surface area (Å²) in [4.78, 5) is 30.1. The van der Waals surface area contributed by atoms with E-state index in [1.807, 2.05) is 54.6 Å². The summed E-state index contributed by atoms with van der Waals surface area (Å²) in [7, 11) is 2.95. The summed E-state index contributed by atoms with van der Waals surface area (Å²) in [6.07, 6.45) is 0. The van der Waals surface area contributed by atoms with Crippen LogP contribution in [0.25, 0.3) is 16.6 Å². The Labute approximate surface area is 183 Å². The van der Waals surface area contributed by atoms with Crippen molar-refractivity contribution in [2.75, 3.05) is 14.2 Å². The minimum absolute atomic E-state index is 0.194. The van der Waals surface area contributed by atoms with Crippen LogP contribution < -0.4 is 10.3 Å². The van der Waals surface area contributed by atoms with Crippen molar-refractivity contribution in [2.45, 2.75) is 10.9 Å². The number of aromatic nitrogens is 2. The molecule has 3 aromatic carbocycles. The van der Waals surface area contributed by atoms with Crippen LogP contribution in [0.4, 0.5) is 0 Å². The van der Waals surface area contributed by atoms with Crippen LogP contribution in [0.3, 0.4) is 0 Å². The van der Waals surface area contributed by atoms with Crippen LogP contribution in [-0.2, 0) is 10.5 Å². The third kappa shape index (κ3) is 4.32. The number of carbonyl (C=O) groups is 1. The maximum Gasteiger partial charge on any atom is 0.337 e. The first kappa shape index (κ1) is 20.7. The Morgan fingerprint density at radius 3 is 2.55 bits per heavy atom. The number of nitrogens with zero attached hydrogens (tertiary/aromatic N) is 2. The normalized spacial score (nSPS) is 10.8. The molecular formula is C24H20N2O4S. The van der Waals surface area contributed by atoms with Crippen LogP contribution in [0, 0.1) is 0 Å². The molecule has 0 saturated carbocycles. The van der Waals surface area contributed by atoms with Crippen LogP contribution in [0.1, 0.15) is 15.9 Å². The molecule has 1 aromatic heterocycles. The molecule has 1 heterocycles. The second kappa shape index (κ2) is 9.06. The fourth-order valence-electron chi connectivity index (χ4n) is 3.22. The number of hydrogen-bond acceptors (Lipinski definition) is 6. The van der Waals surface area contributed by atoms with E-state index >= 15 is 0 Å². The molecule has 0 unspecified atom stereocenters. The number of hydrogen-bond donors (Lipinski definition) is 0. The van der Waals surface area contributed by atoms with Crippen molar-refractivity contribution in [1.82, 2.24) is 9.55 Å². The van der Waals surface area contributed by atoms with Gasteiger partial charge in [0, 0.05) is 5.75 Å². The Kier molecular flexibility index (Phi) is 6.04. The molecule has 0 saturated heterocycles. The van der Waals surface area contributed by atoms with Gasteiger partial charge in [0.25, 0.3) is 5.56 Å². The van der Waals surface area contributed by atoms with Gasteiger partial charge in [-0.2, -0.15) is 0 Å². The van der Waals surface area contributed by atoms with Crippen molar-refractivity contribution >= 4 is 28.6 Å². The van der Waals surface area contributed by atoms with Crippen LogP contribution in [0.15, 0.2) is 82.7 Å². The zero-order chi connectivity index (χ0) is 21.8. The molecular weight excluding hydrogens is 412 g/mol. The maximum atomic E-state index is 13.4. The molecule has 0 radical (unpaired) electrons. The minimum atomic E-state index is -0.471.